The lowest BCUT2D eigenvalue weighted by molar-refractivity contribution is -0.138. The molecule has 0 saturated carbocycles. The van der Waals surface area contributed by atoms with Crippen molar-refractivity contribution < 1.29 is 22.7 Å². The maximum absolute atomic E-state index is 13.1. The first kappa shape index (κ1) is 24.5. The smallest absolute Gasteiger partial charge is 0.245 e. The van der Waals surface area contributed by atoms with Gasteiger partial charge in [0, 0.05) is 26.2 Å². The highest BCUT2D eigenvalue weighted by Crippen LogP contribution is 2.26. The number of rotatable bonds is 8. The summed E-state index contributed by atoms with van der Waals surface area (Å²) in [5.74, 6) is -0.149. The second kappa shape index (κ2) is 10.7. The summed E-state index contributed by atoms with van der Waals surface area (Å²) >= 11 is 0. The number of hydrogen-bond donors (Lipinski definition) is 1. The maximum Gasteiger partial charge on any atom is 0.245 e. The molecule has 2 aliphatic heterocycles. The standard InChI is InChI=1S/C23H35N3O5S/c1-4-17(2)21(23(28)25-13-5-6-14-25)24-22(27)18-8-7-15-26(16-18)32(29,30)20-11-9-19(31-3)10-12-20/h9-12,17-18,21H,4-8,13-16H2,1-3H3,(H,24,27)/t17-,18-,21+/m0/s1. The SMILES string of the molecule is CC[C@H](C)[C@@H](NC(=O)[C@H]1CCCN(S(=O)(=O)c2ccc(OC)cc2)C1)C(=O)N1CCCC1. The molecule has 0 spiro atoms. The van der Waals surface area contributed by atoms with Crippen LogP contribution in [0, 0.1) is 11.8 Å². The Morgan fingerprint density at radius 3 is 2.38 bits per heavy atom. The fourth-order valence-electron chi connectivity index (χ4n) is 4.36. The van der Waals surface area contributed by atoms with E-state index in [1.54, 1.807) is 12.1 Å². The van der Waals surface area contributed by atoms with Gasteiger partial charge in [-0.15, -0.1) is 0 Å². The van der Waals surface area contributed by atoms with E-state index in [0.717, 1.165) is 32.4 Å². The molecule has 0 bridgehead atoms. The number of sulfonamides is 1. The number of piperidine rings is 1. The summed E-state index contributed by atoms with van der Waals surface area (Å²) < 4.78 is 32.7. The lowest BCUT2D eigenvalue weighted by Gasteiger charge is -2.33. The number of likely N-dealkylation sites (tertiary alicyclic amines) is 1. The van der Waals surface area contributed by atoms with Gasteiger partial charge in [-0.05, 0) is 55.9 Å². The molecule has 3 rings (SSSR count). The number of benzene rings is 1. The molecule has 2 aliphatic rings. The summed E-state index contributed by atoms with van der Waals surface area (Å²) in [6, 6.07) is 5.69. The van der Waals surface area contributed by atoms with E-state index in [9.17, 15) is 18.0 Å². The summed E-state index contributed by atoms with van der Waals surface area (Å²) in [7, 11) is -2.18. The van der Waals surface area contributed by atoms with Crippen molar-refractivity contribution in [3.8, 4) is 5.75 Å². The van der Waals surface area contributed by atoms with E-state index in [-0.39, 0.29) is 29.2 Å². The fraction of sp³-hybridized carbons (Fsp3) is 0.652. The monoisotopic (exact) mass is 465 g/mol. The first-order valence-corrected chi connectivity index (χ1v) is 12.9. The van der Waals surface area contributed by atoms with Crippen LogP contribution in [0.15, 0.2) is 29.2 Å². The largest absolute Gasteiger partial charge is 0.497 e. The molecule has 0 aliphatic carbocycles. The predicted molar refractivity (Wildman–Crippen MR) is 122 cm³/mol. The van der Waals surface area contributed by atoms with Crippen molar-refractivity contribution in [3.63, 3.8) is 0 Å². The number of carbonyl (C=O) groups is 2. The van der Waals surface area contributed by atoms with Gasteiger partial charge < -0.3 is 15.0 Å². The molecule has 1 aromatic rings. The van der Waals surface area contributed by atoms with Crippen LogP contribution in [0.1, 0.15) is 46.0 Å². The van der Waals surface area contributed by atoms with Gasteiger partial charge in [0.2, 0.25) is 21.8 Å². The Hall–Kier alpha value is -2.13. The van der Waals surface area contributed by atoms with E-state index in [0.29, 0.717) is 25.1 Å². The van der Waals surface area contributed by atoms with Crippen molar-refractivity contribution in [3.05, 3.63) is 24.3 Å². The quantitative estimate of drug-likeness (QED) is 0.635. The fourth-order valence-corrected chi connectivity index (χ4v) is 5.88. The van der Waals surface area contributed by atoms with E-state index in [1.165, 1.54) is 23.5 Å². The Balaban J connectivity index is 1.69. The van der Waals surface area contributed by atoms with Crippen molar-refractivity contribution in [2.75, 3.05) is 33.3 Å². The molecule has 178 valence electrons. The van der Waals surface area contributed by atoms with E-state index in [1.807, 2.05) is 18.7 Å². The highest BCUT2D eigenvalue weighted by Gasteiger charge is 2.37. The molecule has 0 unspecified atom stereocenters. The van der Waals surface area contributed by atoms with Crippen LogP contribution in [0.5, 0.6) is 5.75 Å². The van der Waals surface area contributed by atoms with Crippen molar-refractivity contribution in [2.24, 2.45) is 11.8 Å². The maximum atomic E-state index is 13.1. The molecule has 0 radical (unpaired) electrons. The predicted octanol–water partition coefficient (Wildman–Crippen LogP) is 2.25. The molecule has 2 fully saturated rings. The van der Waals surface area contributed by atoms with Gasteiger partial charge in [0.05, 0.1) is 17.9 Å². The molecular weight excluding hydrogens is 430 g/mol. The van der Waals surface area contributed by atoms with E-state index in [4.69, 9.17) is 4.74 Å². The Bertz CT molecular complexity index is 897. The second-order valence-electron chi connectivity index (χ2n) is 8.78. The third-order valence-electron chi connectivity index (χ3n) is 6.65. The van der Waals surface area contributed by atoms with Crippen LogP contribution >= 0.6 is 0 Å². The highest BCUT2D eigenvalue weighted by atomic mass is 32.2. The van der Waals surface area contributed by atoms with Crippen LogP contribution in [0.4, 0.5) is 0 Å². The minimum Gasteiger partial charge on any atom is -0.497 e. The molecule has 9 heteroatoms. The van der Waals surface area contributed by atoms with Gasteiger partial charge >= 0.3 is 0 Å². The molecule has 8 nitrogen and oxygen atoms in total. The second-order valence-corrected chi connectivity index (χ2v) is 10.7. The Labute approximate surface area is 191 Å². The first-order chi connectivity index (χ1) is 15.3. The molecule has 3 atom stereocenters. The van der Waals surface area contributed by atoms with Gasteiger partial charge in [0.25, 0.3) is 0 Å². The summed E-state index contributed by atoms with van der Waals surface area (Å²) in [6.07, 6.45) is 3.96. The Kier molecular flexibility index (Phi) is 8.16. The first-order valence-electron chi connectivity index (χ1n) is 11.5. The minimum atomic E-state index is -3.71. The van der Waals surface area contributed by atoms with Crippen molar-refractivity contribution >= 4 is 21.8 Å². The van der Waals surface area contributed by atoms with E-state index >= 15 is 0 Å². The van der Waals surface area contributed by atoms with Crippen molar-refractivity contribution in [1.29, 1.82) is 0 Å². The molecular formula is C23H35N3O5S. The molecule has 2 heterocycles. The highest BCUT2D eigenvalue weighted by molar-refractivity contribution is 7.89. The summed E-state index contributed by atoms with van der Waals surface area (Å²) in [5, 5.41) is 2.97. The summed E-state index contributed by atoms with van der Waals surface area (Å²) in [6.45, 7) is 5.94. The zero-order chi connectivity index (χ0) is 23.3. The number of hydrogen-bond acceptors (Lipinski definition) is 5. The third-order valence-corrected chi connectivity index (χ3v) is 8.53. The van der Waals surface area contributed by atoms with Crippen LogP contribution in [0.25, 0.3) is 0 Å². The molecule has 2 amide bonds. The minimum absolute atomic E-state index is 0.00905. The number of nitrogens with zero attached hydrogens (tertiary/aromatic N) is 2. The molecule has 0 aromatic heterocycles. The molecule has 2 saturated heterocycles. The number of nitrogens with one attached hydrogen (secondary N) is 1. The van der Waals surface area contributed by atoms with E-state index < -0.39 is 22.0 Å². The van der Waals surface area contributed by atoms with Crippen LogP contribution in [-0.4, -0.2) is 68.8 Å². The topological polar surface area (TPSA) is 96.0 Å². The third kappa shape index (κ3) is 5.43. The van der Waals surface area contributed by atoms with Crippen LogP contribution in [0.2, 0.25) is 0 Å². The number of carbonyl (C=O) groups excluding carboxylic acids is 2. The van der Waals surface area contributed by atoms with Crippen molar-refractivity contribution in [1.82, 2.24) is 14.5 Å². The summed E-state index contributed by atoms with van der Waals surface area (Å²) in [4.78, 5) is 28.2. The van der Waals surface area contributed by atoms with Crippen LogP contribution in [0.3, 0.4) is 0 Å². The number of ether oxygens (including phenoxy) is 1. The van der Waals surface area contributed by atoms with Gasteiger partial charge in [-0.2, -0.15) is 4.31 Å². The lowest BCUT2D eigenvalue weighted by atomic mass is 9.94. The number of amides is 2. The van der Waals surface area contributed by atoms with Gasteiger partial charge in [-0.25, -0.2) is 8.42 Å². The zero-order valence-electron chi connectivity index (χ0n) is 19.2. The molecule has 32 heavy (non-hydrogen) atoms. The van der Waals surface area contributed by atoms with Gasteiger partial charge in [-0.3, -0.25) is 9.59 Å². The van der Waals surface area contributed by atoms with Gasteiger partial charge in [-0.1, -0.05) is 20.3 Å². The Morgan fingerprint density at radius 2 is 1.78 bits per heavy atom. The average molecular weight is 466 g/mol. The molecule has 1 N–H and O–H groups in total. The number of methoxy groups -OCH3 is 1. The van der Waals surface area contributed by atoms with E-state index in [2.05, 4.69) is 5.32 Å². The normalized spacial score (nSPS) is 21.7. The Morgan fingerprint density at radius 1 is 1.12 bits per heavy atom. The van der Waals surface area contributed by atoms with Crippen LogP contribution in [-0.2, 0) is 19.6 Å². The van der Waals surface area contributed by atoms with Gasteiger partial charge in [0.15, 0.2) is 0 Å². The summed E-state index contributed by atoms with van der Waals surface area (Å²) in [5.41, 5.74) is 0. The van der Waals surface area contributed by atoms with Crippen molar-refractivity contribution in [2.45, 2.75) is 56.9 Å². The average Bonchev–Trinajstić information content (AvgIpc) is 3.36. The zero-order valence-corrected chi connectivity index (χ0v) is 20.1. The lowest BCUT2D eigenvalue weighted by Crippen LogP contribution is -2.54. The molecule has 1 aromatic carbocycles. The van der Waals surface area contributed by atoms with Crippen LogP contribution < -0.4 is 10.1 Å². The van der Waals surface area contributed by atoms with Gasteiger partial charge in [0.1, 0.15) is 11.8 Å².